The molecule has 2 heterocycles. The third-order valence-corrected chi connectivity index (χ3v) is 3.95. The van der Waals surface area contributed by atoms with Crippen LogP contribution in [-0.4, -0.2) is 25.7 Å². The molecule has 1 aromatic heterocycles. The molecule has 1 amide bonds. The molecule has 1 aliphatic heterocycles. The summed E-state index contributed by atoms with van der Waals surface area (Å²) in [6, 6.07) is 1.96. The SMILES string of the molecule is NCC#Cc1ccsc1CNC(=O)C1CCCOC1. The first-order valence-electron chi connectivity index (χ1n) is 6.42. The van der Waals surface area contributed by atoms with Crippen LogP contribution >= 0.6 is 11.3 Å². The maximum atomic E-state index is 12.0. The molecule has 0 radical (unpaired) electrons. The number of amides is 1. The fourth-order valence-corrected chi connectivity index (χ4v) is 2.76. The zero-order valence-electron chi connectivity index (χ0n) is 10.8. The molecule has 0 aromatic carbocycles. The molecule has 0 spiro atoms. The Morgan fingerprint density at radius 2 is 2.53 bits per heavy atom. The summed E-state index contributed by atoms with van der Waals surface area (Å²) in [4.78, 5) is 13.1. The molecule has 2 rings (SSSR count). The van der Waals surface area contributed by atoms with Crippen LogP contribution in [-0.2, 0) is 16.1 Å². The Kier molecular flexibility index (Phi) is 5.40. The van der Waals surface area contributed by atoms with Gasteiger partial charge >= 0.3 is 0 Å². The van der Waals surface area contributed by atoms with Crippen molar-refractivity contribution >= 4 is 17.2 Å². The summed E-state index contributed by atoms with van der Waals surface area (Å²) in [5.74, 6) is 5.92. The van der Waals surface area contributed by atoms with Gasteiger partial charge < -0.3 is 15.8 Å². The molecule has 1 unspecified atom stereocenters. The third kappa shape index (κ3) is 4.06. The predicted molar refractivity (Wildman–Crippen MR) is 75.6 cm³/mol. The van der Waals surface area contributed by atoms with Gasteiger partial charge in [0.15, 0.2) is 0 Å². The Morgan fingerprint density at radius 1 is 1.63 bits per heavy atom. The molecule has 1 atom stereocenters. The second kappa shape index (κ2) is 7.29. The van der Waals surface area contributed by atoms with Gasteiger partial charge in [-0.05, 0) is 24.3 Å². The van der Waals surface area contributed by atoms with Gasteiger partial charge in [-0.15, -0.1) is 11.3 Å². The maximum absolute atomic E-state index is 12.0. The van der Waals surface area contributed by atoms with E-state index in [1.165, 1.54) is 0 Å². The predicted octanol–water partition coefficient (Wildman–Crippen LogP) is 1.10. The van der Waals surface area contributed by atoms with Crippen LogP contribution in [0.3, 0.4) is 0 Å². The van der Waals surface area contributed by atoms with E-state index in [0.29, 0.717) is 19.7 Å². The minimum absolute atomic E-state index is 0.00714. The van der Waals surface area contributed by atoms with Gasteiger partial charge in [0.2, 0.25) is 5.91 Å². The molecule has 4 nitrogen and oxygen atoms in total. The number of ether oxygens (including phenoxy) is 1. The van der Waals surface area contributed by atoms with Gasteiger partial charge in [-0.2, -0.15) is 0 Å². The lowest BCUT2D eigenvalue weighted by molar-refractivity contribution is -0.129. The average Bonchev–Trinajstić information content (AvgIpc) is 2.91. The van der Waals surface area contributed by atoms with Gasteiger partial charge in [0.1, 0.15) is 0 Å². The van der Waals surface area contributed by atoms with Gasteiger partial charge in [-0.3, -0.25) is 4.79 Å². The second-order valence-corrected chi connectivity index (χ2v) is 5.40. The Labute approximate surface area is 117 Å². The fourth-order valence-electron chi connectivity index (χ4n) is 1.99. The molecule has 102 valence electrons. The fraction of sp³-hybridized carbons (Fsp3) is 0.500. The van der Waals surface area contributed by atoms with Crippen LogP contribution < -0.4 is 11.1 Å². The highest BCUT2D eigenvalue weighted by Gasteiger charge is 2.21. The summed E-state index contributed by atoms with van der Waals surface area (Å²) in [6.45, 7) is 2.19. The number of hydrogen-bond acceptors (Lipinski definition) is 4. The lowest BCUT2D eigenvalue weighted by Gasteiger charge is -2.21. The summed E-state index contributed by atoms with van der Waals surface area (Å²) >= 11 is 1.60. The topological polar surface area (TPSA) is 64.3 Å². The summed E-state index contributed by atoms with van der Waals surface area (Å²) in [5, 5.41) is 4.94. The summed E-state index contributed by atoms with van der Waals surface area (Å²) in [6.07, 6.45) is 1.88. The first-order chi connectivity index (χ1) is 9.31. The number of carbonyl (C=O) groups is 1. The molecular weight excluding hydrogens is 260 g/mol. The minimum Gasteiger partial charge on any atom is -0.381 e. The molecule has 0 bridgehead atoms. The smallest absolute Gasteiger partial charge is 0.225 e. The van der Waals surface area contributed by atoms with E-state index in [1.54, 1.807) is 11.3 Å². The minimum atomic E-state index is -0.00714. The van der Waals surface area contributed by atoms with E-state index in [4.69, 9.17) is 10.5 Å². The molecular formula is C14H18N2O2S. The van der Waals surface area contributed by atoms with Gasteiger partial charge in [0.05, 0.1) is 25.6 Å². The van der Waals surface area contributed by atoms with Crippen molar-refractivity contribution in [3.8, 4) is 11.8 Å². The van der Waals surface area contributed by atoms with Crippen LogP contribution in [0.15, 0.2) is 11.4 Å². The molecule has 5 heteroatoms. The summed E-state index contributed by atoms with van der Waals surface area (Å²) in [5.41, 5.74) is 6.32. The molecule has 1 fully saturated rings. The molecule has 1 aliphatic rings. The molecule has 3 N–H and O–H groups in total. The Morgan fingerprint density at radius 3 is 3.26 bits per heavy atom. The highest BCUT2D eigenvalue weighted by Crippen LogP contribution is 2.17. The van der Waals surface area contributed by atoms with Crippen LogP contribution in [0, 0.1) is 17.8 Å². The lowest BCUT2D eigenvalue weighted by atomic mass is 10.0. The van der Waals surface area contributed by atoms with Crippen LogP contribution in [0.4, 0.5) is 0 Å². The van der Waals surface area contributed by atoms with Crippen LogP contribution in [0.5, 0.6) is 0 Å². The molecule has 1 saturated heterocycles. The van der Waals surface area contributed by atoms with Crippen molar-refractivity contribution in [3.05, 3.63) is 21.9 Å². The first-order valence-corrected chi connectivity index (χ1v) is 7.30. The Bertz CT molecular complexity index is 481. The highest BCUT2D eigenvalue weighted by atomic mass is 32.1. The van der Waals surface area contributed by atoms with Crippen molar-refractivity contribution in [2.75, 3.05) is 19.8 Å². The van der Waals surface area contributed by atoms with E-state index in [2.05, 4.69) is 17.2 Å². The van der Waals surface area contributed by atoms with E-state index in [-0.39, 0.29) is 11.8 Å². The first kappa shape index (κ1) is 14.1. The van der Waals surface area contributed by atoms with Gasteiger partial charge in [0.25, 0.3) is 0 Å². The standard InChI is InChI=1S/C14H18N2O2S/c15-6-1-3-11-5-8-19-13(11)9-16-14(17)12-4-2-7-18-10-12/h5,8,12H,2,4,6-7,9-10,15H2,(H,16,17). The van der Waals surface area contributed by atoms with Crippen LogP contribution in [0.25, 0.3) is 0 Å². The van der Waals surface area contributed by atoms with Gasteiger partial charge in [-0.1, -0.05) is 11.8 Å². The molecule has 0 saturated carbocycles. The Balaban J connectivity index is 1.88. The normalized spacial score (nSPS) is 18.5. The van der Waals surface area contributed by atoms with E-state index in [9.17, 15) is 4.79 Å². The Hall–Kier alpha value is -1.35. The van der Waals surface area contributed by atoms with Crippen molar-refractivity contribution in [2.45, 2.75) is 19.4 Å². The summed E-state index contributed by atoms with van der Waals surface area (Å²) in [7, 11) is 0. The number of nitrogens with one attached hydrogen (secondary N) is 1. The summed E-state index contributed by atoms with van der Waals surface area (Å²) < 4.78 is 5.32. The van der Waals surface area contributed by atoms with Crippen molar-refractivity contribution in [3.63, 3.8) is 0 Å². The zero-order valence-corrected chi connectivity index (χ0v) is 11.6. The third-order valence-electron chi connectivity index (χ3n) is 3.02. The van der Waals surface area contributed by atoms with Crippen molar-refractivity contribution in [1.82, 2.24) is 5.32 Å². The average molecular weight is 278 g/mol. The lowest BCUT2D eigenvalue weighted by Crippen LogP contribution is -2.35. The van der Waals surface area contributed by atoms with Crippen molar-refractivity contribution in [2.24, 2.45) is 11.7 Å². The quantitative estimate of drug-likeness (QED) is 0.814. The van der Waals surface area contributed by atoms with E-state index >= 15 is 0 Å². The number of nitrogens with two attached hydrogens (primary N) is 1. The molecule has 1 aromatic rings. The van der Waals surface area contributed by atoms with Gasteiger partial charge in [-0.25, -0.2) is 0 Å². The molecule has 0 aliphatic carbocycles. The zero-order chi connectivity index (χ0) is 13.5. The van der Waals surface area contributed by atoms with E-state index in [0.717, 1.165) is 29.9 Å². The van der Waals surface area contributed by atoms with E-state index < -0.39 is 0 Å². The van der Waals surface area contributed by atoms with Crippen molar-refractivity contribution in [1.29, 1.82) is 0 Å². The van der Waals surface area contributed by atoms with Crippen LogP contribution in [0.2, 0.25) is 0 Å². The van der Waals surface area contributed by atoms with Crippen molar-refractivity contribution < 1.29 is 9.53 Å². The monoisotopic (exact) mass is 278 g/mol. The van der Waals surface area contributed by atoms with Gasteiger partial charge in [0, 0.05) is 17.0 Å². The largest absolute Gasteiger partial charge is 0.381 e. The van der Waals surface area contributed by atoms with E-state index in [1.807, 2.05) is 11.4 Å². The number of thiophene rings is 1. The molecule has 19 heavy (non-hydrogen) atoms. The second-order valence-electron chi connectivity index (χ2n) is 4.40. The number of hydrogen-bond donors (Lipinski definition) is 2. The number of carbonyl (C=O) groups excluding carboxylic acids is 1. The highest BCUT2D eigenvalue weighted by molar-refractivity contribution is 7.10. The maximum Gasteiger partial charge on any atom is 0.225 e. The van der Waals surface area contributed by atoms with Crippen LogP contribution in [0.1, 0.15) is 23.3 Å². The number of rotatable bonds is 3.